The summed E-state index contributed by atoms with van der Waals surface area (Å²) in [7, 11) is 0. The van der Waals surface area contributed by atoms with E-state index in [1.807, 2.05) is 86.8 Å². The zero-order valence-corrected chi connectivity index (χ0v) is 21.8. The average molecular weight is 515 g/mol. The zero-order valence-electron chi connectivity index (χ0n) is 20.2. The first-order valence-electron chi connectivity index (χ1n) is 11.4. The first kappa shape index (κ1) is 25.3. The van der Waals surface area contributed by atoms with Gasteiger partial charge in [-0.3, -0.25) is 9.59 Å². The molecule has 2 aromatic carbocycles. The first-order chi connectivity index (χ1) is 17.4. The number of nitrogens with one attached hydrogen (secondary N) is 3. The largest absolute Gasteiger partial charge is 0.353 e. The Hall–Kier alpha value is -3.80. The normalized spacial score (nSPS) is 15.2. The van der Waals surface area contributed by atoms with Gasteiger partial charge in [0.1, 0.15) is 0 Å². The van der Waals surface area contributed by atoms with Crippen molar-refractivity contribution in [2.75, 3.05) is 16.4 Å². The fraction of sp³-hybridized carbons (Fsp3) is 0.179. The van der Waals surface area contributed by atoms with Gasteiger partial charge in [0.05, 0.1) is 28.3 Å². The van der Waals surface area contributed by atoms with E-state index in [0.29, 0.717) is 27.6 Å². The van der Waals surface area contributed by atoms with Gasteiger partial charge >= 0.3 is 0 Å². The van der Waals surface area contributed by atoms with Crippen LogP contribution in [0.2, 0.25) is 0 Å². The summed E-state index contributed by atoms with van der Waals surface area (Å²) in [5.74, 6) is -0.837. The average Bonchev–Trinajstić information content (AvgIpc) is 3.39. The number of benzene rings is 2. The maximum atomic E-state index is 13.4. The van der Waals surface area contributed by atoms with E-state index >= 15 is 0 Å². The quantitative estimate of drug-likeness (QED) is 0.356. The second kappa shape index (κ2) is 11.3. The molecule has 0 aliphatic carbocycles. The number of thiophene rings is 1. The van der Waals surface area contributed by atoms with Gasteiger partial charge < -0.3 is 16.0 Å². The summed E-state index contributed by atoms with van der Waals surface area (Å²) in [4.78, 5) is 27.0. The van der Waals surface area contributed by atoms with Crippen LogP contribution >= 0.6 is 23.1 Å². The molecule has 1 atom stereocenters. The number of amides is 2. The van der Waals surface area contributed by atoms with E-state index < -0.39 is 5.92 Å². The molecule has 0 saturated carbocycles. The van der Waals surface area contributed by atoms with Gasteiger partial charge in [-0.15, -0.1) is 11.3 Å². The highest BCUT2D eigenvalue weighted by Gasteiger charge is 2.35. The number of rotatable bonds is 7. The highest BCUT2D eigenvalue weighted by Crippen LogP contribution is 2.42. The van der Waals surface area contributed by atoms with E-state index in [2.05, 4.69) is 22.0 Å². The van der Waals surface area contributed by atoms with Crippen LogP contribution in [0.4, 0.5) is 11.4 Å². The highest BCUT2D eigenvalue weighted by atomic mass is 32.2. The van der Waals surface area contributed by atoms with Crippen LogP contribution in [-0.2, 0) is 9.59 Å². The summed E-state index contributed by atoms with van der Waals surface area (Å²) in [5.41, 5.74) is 5.13. The van der Waals surface area contributed by atoms with Crippen molar-refractivity contribution in [1.29, 1.82) is 5.26 Å². The van der Waals surface area contributed by atoms with Crippen molar-refractivity contribution in [3.63, 3.8) is 0 Å². The summed E-state index contributed by atoms with van der Waals surface area (Å²) in [6.07, 6.45) is 0. The van der Waals surface area contributed by atoms with Gasteiger partial charge in [-0.2, -0.15) is 5.26 Å². The summed E-state index contributed by atoms with van der Waals surface area (Å²) in [6, 6.07) is 21.2. The molecule has 3 aromatic rings. The molecule has 4 rings (SSSR count). The number of aryl methyl sites for hydroxylation is 2. The highest BCUT2D eigenvalue weighted by molar-refractivity contribution is 8.03. The number of nitrogens with zero attached hydrogens (tertiary/aromatic N) is 1. The summed E-state index contributed by atoms with van der Waals surface area (Å²) in [5, 5.41) is 21.8. The zero-order chi connectivity index (χ0) is 25.7. The monoisotopic (exact) mass is 514 g/mol. The lowest BCUT2D eigenvalue weighted by atomic mass is 9.86. The molecule has 2 amide bonds. The van der Waals surface area contributed by atoms with Crippen LogP contribution in [0.5, 0.6) is 0 Å². The maximum absolute atomic E-state index is 13.4. The lowest BCUT2D eigenvalue weighted by molar-refractivity contribution is -0.114. The molecule has 0 spiro atoms. The van der Waals surface area contributed by atoms with Crippen molar-refractivity contribution >= 4 is 46.3 Å². The topological polar surface area (TPSA) is 94.0 Å². The summed E-state index contributed by atoms with van der Waals surface area (Å²) in [6.45, 7) is 5.79. The van der Waals surface area contributed by atoms with Crippen LogP contribution in [0.15, 0.2) is 87.9 Å². The van der Waals surface area contributed by atoms with E-state index in [0.717, 1.165) is 21.7 Å². The molecule has 8 heteroatoms. The van der Waals surface area contributed by atoms with E-state index in [4.69, 9.17) is 0 Å². The fourth-order valence-corrected chi connectivity index (χ4v) is 5.80. The Bertz CT molecular complexity index is 1390. The molecule has 182 valence electrons. The van der Waals surface area contributed by atoms with E-state index in [1.165, 1.54) is 23.1 Å². The predicted octanol–water partition coefficient (Wildman–Crippen LogP) is 6.07. The van der Waals surface area contributed by atoms with E-state index in [1.54, 1.807) is 0 Å². The molecule has 0 fully saturated rings. The predicted molar refractivity (Wildman–Crippen MR) is 148 cm³/mol. The number of allylic oxidation sites excluding steroid dienone is 2. The Morgan fingerprint density at radius 3 is 2.50 bits per heavy atom. The molecule has 36 heavy (non-hydrogen) atoms. The number of carbonyl (C=O) groups is 2. The second-order valence-electron chi connectivity index (χ2n) is 8.44. The van der Waals surface area contributed by atoms with Gasteiger partial charge in [-0.1, -0.05) is 53.7 Å². The molecule has 0 saturated heterocycles. The van der Waals surface area contributed by atoms with Gasteiger partial charge in [-0.25, -0.2) is 0 Å². The number of anilines is 2. The summed E-state index contributed by atoms with van der Waals surface area (Å²) >= 11 is 2.75. The van der Waals surface area contributed by atoms with Crippen LogP contribution in [0.3, 0.4) is 0 Å². The van der Waals surface area contributed by atoms with Crippen LogP contribution in [0.1, 0.15) is 28.8 Å². The molecular weight excluding hydrogens is 488 g/mol. The Balaban J connectivity index is 1.57. The minimum Gasteiger partial charge on any atom is -0.353 e. The Morgan fingerprint density at radius 1 is 1.06 bits per heavy atom. The molecule has 1 aliphatic rings. The van der Waals surface area contributed by atoms with E-state index in [-0.39, 0.29) is 17.6 Å². The lowest BCUT2D eigenvalue weighted by Crippen LogP contribution is -2.30. The molecule has 0 bridgehead atoms. The SMILES string of the molecule is CC1=C(C(=O)Nc2ccccc2)C(c2cccs2)C(C#N)=C(SCC(=O)Nc2ccc(C)cc2C)N1. The fourth-order valence-electron chi connectivity index (χ4n) is 4.07. The molecule has 3 N–H and O–H groups in total. The van der Waals surface area contributed by atoms with Crippen molar-refractivity contribution in [3.8, 4) is 6.07 Å². The number of para-hydroxylation sites is 1. The van der Waals surface area contributed by atoms with Crippen molar-refractivity contribution in [1.82, 2.24) is 5.32 Å². The minimum absolute atomic E-state index is 0.122. The number of carbonyl (C=O) groups excluding carboxylic acids is 2. The van der Waals surface area contributed by atoms with E-state index in [9.17, 15) is 14.9 Å². The van der Waals surface area contributed by atoms with Crippen LogP contribution < -0.4 is 16.0 Å². The van der Waals surface area contributed by atoms with Gasteiger partial charge in [0.25, 0.3) is 5.91 Å². The smallest absolute Gasteiger partial charge is 0.254 e. The number of nitriles is 1. The first-order valence-corrected chi connectivity index (χ1v) is 13.3. The van der Waals surface area contributed by atoms with Crippen molar-refractivity contribution in [2.45, 2.75) is 26.7 Å². The minimum atomic E-state index is -0.523. The number of hydrogen-bond acceptors (Lipinski definition) is 6. The maximum Gasteiger partial charge on any atom is 0.254 e. The van der Waals surface area contributed by atoms with Crippen LogP contribution in [0.25, 0.3) is 0 Å². The standard InChI is InChI=1S/C28H26N4O2S2/c1-17-11-12-22(18(2)14-17)32-24(33)16-36-28-21(15-29)26(23-10-7-13-35-23)25(19(3)30-28)27(34)31-20-8-5-4-6-9-20/h4-14,26,30H,16H2,1-3H3,(H,31,34)(H,32,33). The van der Waals surface area contributed by atoms with Crippen LogP contribution in [0, 0.1) is 25.2 Å². The third kappa shape index (κ3) is 5.70. The molecular formula is C28H26N4O2S2. The van der Waals surface area contributed by atoms with Crippen LogP contribution in [-0.4, -0.2) is 17.6 Å². The van der Waals surface area contributed by atoms with Gasteiger partial charge in [0, 0.05) is 27.5 Å². The lowest BCUT2D eigenvalue weighted by Gasteiger charge is -2.29. The van der Waals surface area contributed by atoms with Crippen molar-refractivity contribution in [3.05, 3.63) is 104 Å². The summed E-state index contributed by atoms with van der Waals surface area (Å²) < 4.78 is 0. The molecule has 1 aliphatic heterocycles. The number of hydrogen-bond donors (Lipinski definition) is 3. The van der Waals surface area contributed by atoms with Crippen molar-refractivity contribution in [2.24, 2.45) is 0 Å². The number of dihydropyridines is 1. The Morgan fingerprint density at radius 2 is 1.83 bits per heavy atom. The van der Waals surface area contributed by atoms with Gasteiger partial charge in [-0.05, 0) is 56.0 Å². The third-order valence-electron chi connectivity index (χ3n) is 5.76. The molecule has 0 radical (unpaired) electrons. The number of thioether (sulfide) groups is 1. The Kier molecular flexibility index (Phi) is 7.93. The molecule has 2 heterocycles. The molecule has 1 aromatic heterocycles. The van der Waals surface area contributed by atoms with Gasteiger partial charge in [0.2, 0.25) is 5.91 Å². The second-order valence-corrected chi connectivity index (χ2v) is 10.4. The van der Waals surface area contributed by atoms with Crippen molar-refractivity contribution < 1.29 is 9.59 Å². The molecule has 6 nitrogen and oxygen atoms in total. The molecule has 1 unspecified atom stereocenters. The third-order valence-corrected chi connectivity index (χ3v) is 7.71. The van der Waals surface area contributed by atoms with Gasteiger partial charge in [0.15, 0.2) is 0 Å². The Labute approximate surface area is 219 Å².